The van der Waals surface area contributed by atoms with E-state index in [1.165, 1.54) is 12.8 Å². The number of hydrogen-bond donors (Lipinski definition) is 0. The van der Waals surface area contributed by atoms with Gasteiger partial charge < -0.3 is 0 Å². The van der Waals surface area contributed by atoms with Crippen LogP contribution in [0.5, 0.6) is 0 Å². The molecule has 0 aliphatic carbocycles. The lowest BCUT2D eigenvalue weighted by atomic mass is 10.6. The Balaban J connectivity index is 2.92. The second kappa shape index (κ2) is 5.36. The Bertz CT molecular complexity index is 37.7. The summed E-state index contributed by atoms with van der Waals surface area (Å²) >= 11 is 0. The molecule has 0 aromatic heterocycles. The first-order valence-corrected chi connectivity index (χ1v) is 6.60. The zero-order chi connectivity index (χ0) is 6.41. The Labute approximate surface area is 54.9 Å². The highest BCUT2D eigenvalue weighted by Crippen LogP contribution is 2.03. The molecule has 0 saturated carbocycles. The molecule has 1 heteroatoms. The molecule has 0 nitrogen and oxygen atoms in total. The van der Waals surface area contributed by atoms with E-state index < -0.39 is 0 Å². The Morgan fingerprint density at radius 1 is 1.00 bits per heavy atom. The fourth-order valence-corrected chi connectivity index (χ4v) is 3.39. The van der Waals surface area contributed by atoms with Crippen molar-refractivity contribution in [1.29, 1.82) is 0 Å². The van der Waals surface area contributed by atoms with Crippen molar-refractivity contribution < 1.29 is 0 Å². The van der Waals surface area contributed by atoms with E-state index in [-0.39, 0.29) is 8.80 Å². The summed E-state index contributed by atoms with van der Waals surface area (Å²) in [6.07, 6.45) is 2.82. The van der Waals surface area contributed by atoms with Gasteiger partial charge in [-0.25, -0.2) is 0 Å². The van der Waals surface area contributed by atoms with Gasteiger partial charge in [0.2, 0.25) is 0 Å². The molecule has 0 N–H and O–H groups in total. The average Bonchev–Trinajstić information content (AvgIpc) is 1.68. The van der Waals surface area contributed by atoms with Crippen LogP contribution in [0.15, 0.2) is 0 Å². The van der Waals surface area contributed by atoms with Crippen LogP contribution in [0.25, 0.3) is 0 Å². The molecular weight excluding hydrogens is 112 g/mol. The maximum atomic E-state index is 2.48. The zero-order valence-corrected chi connectivity index (χ0v) is 7.56. The first kappa shape index (κ1) is 8.22. The van der Waals surface area contributed by atoms with Gasteiger partial charge in [-0.3, -0.25) is 0 Å². The minimum atomic E-state index is -0.202. The van der Waals surface area contributed by atoms with E-state index in [1.54, 1.807) is 12.1 Å². The van der Waals surface area contributed by atoms with Crippen molar-refractivity contribution in [3.63, 3.8) is 0 Å². The van der Waals surface area contributed by atoms with E-state index in [4.69, 9.17) is 0 Å². The third kappa shape index (κ3) is 4.38. The van der Waals surface area contributed by atoms with Crippen LogP contribution in [0.1, 0.15) is 26.7 Å². The van der Waals surface area contributed by atoms with Gasteiger partial charge in [0.25, 0.3) is 0 Å². The Morgan fingerprint density at radius 2 is 1.38 bits per heavy atom. The molecule has 0 spiro atoms. The summed E-state index contributed by atoms with van der Waals surface area (Å²) in [6.45, 7) is 7.06. The molecule has 0 aliphatic heterocycles. The van der Waals surface area contributed by atoms with Crippen molar-refractivity contribution in [3.8, 4) is 0 Å². The Hall–Kier alpha value is 0.217. The van der Waals surface area contributed by atoms with Crippen molar-refractivity contribution in [1.82, 2.24) is 0 Å². The van der Waals surface area contributed by atoms with Gasteiger partial charge in [0.05, 0.1) is 0 Å². The molecule has 0 atom stereocenters. The molecule has 0 unspecified atom stereocenters. The smallest absolute Gasteiger partial charge is 0.0336 e. The second-order valence-corrected chi connectivity index (χ2v) is 6.05. The molecule has 0 amide bonds. The molecule has 0 aromatic carbocycles. The lowest BCUT2D eigenvalue weighted by Crippen LogP contribution is -2.03. The van der Waals surface area contributed by atoms with E-state index in [1.807, 2.05) is 0 Å². The third-order valence-corrected chi connectivity index (χ3v) is 4.69. The lowest BCUT2D eigenvalue weighted by molar-refractivity contribution is 1.01. The molecule has 0 aromatic rings. The maximum Gasteiger partial charge on any atom is 0.0336 e. The summed E-state index contributed by atoms with van der Waals surface area (Å²) in [5.41, 5.74) is 0. The van der Waals surface area contributed by atoms with Crippen LogP contribution in [0.3, 0.4) is 0 Å². The lowest BCUT2D eigenvalue weighted by Gasteiger charge is -2.03. The van der Waals surface area contributed by atoms with E-state index in [2.05, 4.69) is 20.4 Å². The molecule has 8 heavy (non-hydrogen) atoms. The SMILES string of the molecule is CCC[SiH](C)CCC. The van der Waals surface area contributed by atoms with Crippen LogP contribution in [-0.4, -0.2) is 8.80 Å². The van der Waals surface area contributed by atoms with Gasteiger partial charge in [0.15, 0.2) is 0 Å². The predicted octanol–water partition coefficient (Wildman–Crippen LogP) is 2.66. The summed E-state index contributed by atoms with van der Waals surface area (Å²) in [5.74, 6) is 0. The summed E-state index contributed by atoms with van der Waals surface area (Å²) in [5, 5.41) is 0. The Morgan fingerprint density at radius 3 is 1.62 bits per heavy atom. The minimum Gasteiger partial charge on any atom is -0.0720 e. The summed E-state index contributed by atoms with van der Waals surface area (Å²) in [7, 11) is -0.202. The van der Waals surface area contributed by atoms with Gasteiger partial charge in [0, 0.05) is 8.80 Å². The van der Waals surface area contributed by atoms with Crippen LogP contribution in [0.2, 0.25) is 18.6 Å². The predicted molar refractivity (Wildman–Crippen MR) is 43.2 cm³/mol. The molecule has 0 rings (SSSR count). The first-order chi connectivity index (χ1) is 3.81. The molecule has 0 fully saturated rings. The van der Waals surface area contributed by atoms with Crippen LogP contribution in [-0.2, 0) is 0 Å². The van der Waals surface area contributed by atoms with E-state index in [0.29, 0.717) is 0 Å². The van der Waals surface area contributed by atoms with Crippen LogP contribution in [0, 0.1) is 0 Å². The molecular formula is C7H18Si. The fraction of sp³-hybridized carbons (Fsp3) is 1.00. The van der Waals surface area contributed by atoms with Crippen molar-refractivity contribution in [2.75, 3.05) is 0 Å². The third-order valence-electron chi connectivity index (χ3n) is 1.56. The van der Waals surface area contributed by atoms with E-state index >= 15 is 0 Å². The highest BCUT2D eigenvalue weighted by molar-refractivity contribution is 6.57. The number of rotatable bonds is 4. The van der Waals surface area contributed by atoms with Gasteiger partial charge in [-0.15, -0.1) is 0 Å². The molecule has 0 radical (unpaired) electrons. The maximum absolute atomic E-state index is 2.48. The molecule has 50 valence electrons. The molecule has 0 heterocycles. The first-order valence-electron chi connectivity index (χ1n) is 3.81. The monoisotopic (exact) mass is 130 g/mol. The van der Waals surface area contributed by atoms with E-state index in [0.717, 1.165) is 0 Å². The Kier molecular flexibility index (Phi) is 5.50. The largest absolute Gasteiger partial charge is 0.0720 e. The van der Waals surface area contributed by atoms with Crippen molar-refractivity contribution in [3.05, 3.63) is 0 Å². The fourth-order valence-electron chi connectivity index (χ4n) is 1.13. The van der Waals surface area contributed by atoms with Gasteiger partial charge in [-0.2, -0.15) is 0 Å². The summed E-state index contributed by atoms with van der Waals surface area (Å²) < 4.78 is 0. The van der Waals surface area contributed by atoms with Crippen molar-refractivity contribution in [2.24, 2.45) is 0 Å². The average molecular weight is 130 g/mol. The normalized spacial score (nSPS) is 10.5. The highest BCUT2D eigenvalue weighted by atomic mass is 28.3. The highest BCUT2D eigenvalue weighted by Gasteiger charge is 1.97. The molecule has 0 saturated heterocycles. The topological polar surface area (TPSA) is 0 Å². The van der Waals surface area contributed by atoms with E-state index in [9.17, 15) is 0 Å². The molecule has 0 aliphatic rings. The summed E-state index contributed by atoms with van der Waals surface area (Å²) in [6, 6.07) is 3.10. The second-order valence-electron chi connectivity index (χ2n) is 2.68. The quantitative estimate of drug-likeness (QED) is 0.513. The van der Waals surface area contributed by atoms with Gasteiger partial charge in [-0.05, 0) is 0 Å². The zero-order valence-electron chi connectivity index (χ0n) is 6.41. The van der Waals surface area contributed by atoms with Gasteiger partial charge in [-0.1, -0.05) is 45.3 Å². The van der Waals surface area contributed by atoms with Crippen LogP contribution < -0.4 is 0 Å². The minimum absolute atomic E-state index is 0.202. The van der Waals surface area contributed by atoms with Gasteiger partial charge in [0.1, 0.15) is 0 Å². The van der Waals surface area contributed by atoms with Crippen molar-refractivity contribution >= 4 is 8.80 Å². The van der Waals surface area contributed by atoms with Gasteiger partial charge >= 0.3 is 0 Å². The van der Waals surface area contributed by atoms with Crippen LogP contribution >= 0.6 is 0 Å². The standard InChI is InChI=1S/C7H18Si/c1-4-6-8(3)7-5-2/h8H,4-7H2,1-3H3. The van der Waals surface area contributed by atoms with Crippen LogP contribution in [0.4, 0.5) is 0 Å². The van der Waals surface area contributed by atoms with Crippen molar-refractivity contribution in [2.45, 2.75) is 45.3 Å². The summed E-state index contributed by atoms with van der Waals surface area (Å²) in [4.78, 5) is 0. The number of hydrogen-bond acceptors (Lipinski definition) is 0. The molecule has 0 bridgehead atoms.